The van der Waals surface area contributed by atoms with Crippen molar-refractivity contribution in [3.63, 3.8) is 0 Å². The molecule has 148 valence electrons. The van der Waals surface area contributed by atoms with E-state index in [2.05, 4.69) is 48.6 Å². The fourth-order valence-electron chi connectivity index (χ4n) is 2.77. The number of nitrogens with one attached hydrogen (secondary N) is 2. The van der Waals surface area contributed by atoms with Crippen LogP contribution in [0.4, 0.5) is 18.9 Å². The molecule has 1 fully saturated rings. The molecule has 0 aliphatic carbocycles. The van der Waals surface area contributed by atoms with E-state index < -0.39 is 12.6 Å². The zero-order valence-corrected chi connectivity index (χ0v) is 18.6. The number of hydrogen-bond acceptors (Lipinski definition) is 2. The van der Waals surface area contributed by atoms with E-state index in [9.17, 15) is 13.2 Å². The van der Waals surface area contributed by atoms with Gasteiger partial charge in [0.1, 0.15) is 0 Å². The van der Waals surface area contributed by atoms with Crippen molar-refractivity contribution in [1.82, 2.24) is 10.6 Å². The molecule has 26 heavy (non-hydrogen) atoms. The molecule has 0 aromatic heterocycles. The molecule has 2 N–H and O–H groups in total. The fraction of sp³-hybridized carbons (Fsp3) is 0.588. The Morgan fingerprint density at radius 2 is 2.12 bits per heavy atom. The first kappa shape index (κ1) is 23.3. The van der Waals surface area contributed by atoms with Gasteiger partial charge in [-0.3, -0.25) is 4.99 Å². The van der Waals surface area contributed by atoms with Gasteiger partial charge < -0.3 is 15.5 Å². The van der Waals surface area contributed by atoms with Crippen LogP contribution in [0.5, 0.6) is 0 Å². The molecule has 4 nitrogen and oxygen atoms in total. The lowest BCUT2D eigenvalue weighted by Gasteiger charge is -2.19. The number of halogens is 5. The second-order valence-corrected chi connectivity index (χ2v) is 7.01. The molecular formula is C17H25BrF3IN4. The molecule has 0 bridgehead atoms. The van der Waals surface area contributed by atoms with Crippen LogP contribution in [0.1, 0.15) is 19.8 Å². The minimum Gasteiger partial charge on any atom is -0.371 e. The zero-order valence-electron chi connectivity index (χ0n) is 14.7. The largest absolute Gasteiger partial charge is 0.390 e. The van der Waals surface area contributed by atoms with E-state index >= 15 is 0 Å². The van der Waals surface area contributed by atoms with Gasteiger partial charge in [0.2, 0.25) is 0 Å². The van der Waals surface area contributed by atoms with Gasteiger partial charge in [-0.2, -0.15) is 13.2 Å². The first-order chi connectivity index (χ1) is 11.9. The summed E-state index contributed by atoms with van der Waals surface area (Å²) in [5.41, 5.74) is 1.18. The minimum atomic E-state index is -4.15. The monoisotopic (exact) mass is 548 g/mol. The molecule has 1 aliphatic heterocycles. The molecule has 9 heteroatoms. The maximum absolute atomic E-state index is 12.2. The summed E-state index contributed by atoms with van der Waals surface area (Å²) >= 11 is 3.48. The van der Waals surface area contributed by atoms with E-state index in [1.807, 2.05) is 19.1 Å². The number of guanidine groups is 1. The Labute approximate surface area is 178 Å². The molecule has 1 unspecified atom stereocenters. The Balaban J connectivity index is 0.00000338. The summed E-state index contributed by atoms with van der Waals surface area (Å²) in [6, 6.07) is 8.18. The molecule has 0 radical (unpaired) electrons. The van der Waals surface area contributed by atoms with Crippen LogP contribution in [0.3, 0.4) is 0 Å². The lowest BCUT2D eigenvalue weighted by Crippen LogP contribution is -2.39. The van der Waals surface area contributed by atoms with Gasteiger partial charge in [0.05, 0.1) is 6.42 Å². The van der Waals surface area contributed by atoms with E-state index in [1.165, 1.54) is 5.69 Å². The minimum absolute atomic E-state index is 0. The Morgan fingerprint density at radius 3 is 2.77 bits per heavy atom. The van der Waals surface area contributed by atoms with Crippen molar-refractivity contribution in [2.75, 3.05) is 37.6 Å². The van der Waals surface area contributed by atoms with Crippen molar-refractivity contribution >= 4 is 51.6 Å². The lowest BCUT2D eigenvalue weighted by atomic mass is 10.1. The predicted octanol–water partition coefficient (Wildman–Crippen LogP) is 4.40. The topological polar surface area (TPSA) is 39.7 Å². The van der Waals surface area contributed by atoms with Crippen LogP contribution in [0.2, 0.25) is 0 Å². The predicted molar refractivity (Wildman–Crippen MR) is 115 cm³/mol. The Bertz CT molecular complexity index is 583. The summed E-state index contributed by atoms with van der Waals surface area (Å²) in [7, 11) is 0. The van der Waals surface area contributed by atoms with Gasteiger partial charge >= 0.3 is 6.18 Å². The normalized spacial score (nSPS) is 17.8. The summed E-state index contributed by atoms with van der Waals surface area (Å²) in [6.45, 7) is 4.82. The van der Waals surface area contributed by atoms with Crippen molar-refractivity contribution in [3.8, 4) is 0 Å². The maximum atomic E-state index is 12.2. The number of nitrogens with zero attached hydrogens (tertiary/aromatic N) is 2. The van der Waals surface area contributed by atoms with Gasteiger partial charge in [0, 0.05) is 42.9 Å². The zero-order chi connectivity index (χ0) is 18.3. The Morgan fingerprint density at radius 1 is 1.35 bits per heavy atom. The number of alkyl halides is 3. The fourth-order valence-corrected chi connectivity index (χ4v) is 3.16. The standard InChI is InChI=1S/C17H24BrF3N4.HI/c1-2-22-16(23-8-7-17(19,20)21)24-11-13-6-9-25(12-13)15-5-3-4-14(18)10-15;/h3-5,10,13H,2,6-9,11-12H2,1H3,(H2,22,23,24);1H. The molecule has 1 atom stereocenters. The molecule has 0 saturated carbocycles. The molecule has 1 aliphatic rings. The maximum Gasteiger partial charge on any atom is 0.390 e. The number of anilines is 1. The smallest absolute Gasteiger partial charge is 0.371 e. The van der Waals surface area contributed by atoms with Crippen molar-refractivity contribution in [2.45, 2.75) is 25.9 Å². The second kappa shape index (κ2) is 11.2. The average Bonchev–Trinajstić information content (AvgIpc) is 3.00. The third-order valence-electron chi connectivity index (χ3n) is 4.01. The van der Waals surface area contributed by atoms with Crippen molar-refractivity contribution in [3.05, 3.63) is 28.7 Å². The molecule has 1 aromatic rings. The third kappa shape index (κ3) is 8.32. The first-order valence-corrected chi connectivity index (χ1v) is 9.26. The highest BCUT2D eigenvalue weighted by Crippen LogP contribution is 2.26. The molecule has 2 rings (SSSR count). The van der Waals surface area contributed by atoms with Gasteiger partial charge in [0.25, 0.3) is 0 Å². The lowest BCUT2D eigenvalue weighted by molar-refractivity contribution is -0.132. The summed E-state index contributed by atoms with van der Waals surface area (Å²) < 4.78 is 37.8. The van der Waals surface area contributed by atoms with E-state index in [0.29, 0.717) is 25.0 Å². The van der Waals surface area contributed by atoms with Crippen LogP contribution >= 0.6 is 39.9 Å². The van der Waals surface area contributed by atoms with Crippen LogP contribution in [-0.2, 0) is 0 Å². The van der Waals surface area contributed by atoms with E-state index in [0.717, 1.165) is 24.0 Å². The summed E-state index contributed by atoms with van der Waals surface area (Å²) in [5.74, 6) is 0.852. The van der Waals surface area contributed by atoms with Gasteiger partial charge in [-0.05, 0) is 37.5 Å². The average molecular weight is 549 g/mol. The van der Waals surface area contributed by atoms with Gasteiger partial charge in [-0.25, -0.2) is 0 Å². The Hall–Kier alpha value is -0.710. The molecular weight excluding hydrogens is 524 g/mol. The van der Waals surface area contributed by atoms with Crippen LogP contribution < -0.4 is 15.5 Å². The van der Waals surface area contributed by atoms with Gasteiger partial charge in [-0.1, -0.05) is 22.0 Å². The molecule has 1 aromatic carbocycles. The van der Waals surface area contributed by atoms with Gasteiger partial charge in [-0.15, -0.1) is 24.0 Å². The molecule has 1 heterocycles. The van der Waals surface area contributed by atoms with Crippen LogP contribution in [0.15, 0.2) is 33.7 Å². The third-order valence-corrected chi connectivity index (χ3v) is 4.51. The summed E-state index contributed by atoms with van der Waals surface area (Å²) in [6.07, 6.45) is -3.99. The van der Waals surface area contributed by atoms with Gasteiger partial charge in [0.15, 0.2) is 5.96 Å². The van der Waals surface area contributed by atoms with Crippen molar-refractivity contribution < 1.29 is 13.2 Å². The van der Waals surface area contributed by atoms with E-state index in [4.69, 9.17) is 0 Å². The van der Waals surface area contributed by atoms with Crippen LogP contribution in [-0.4, -0.2) is 44.9 Å². The number of hydrogen-bond donors (Lipinski definition) is 2. The number of benzene rings is 1. The Kier molecular flexibility index (Phi) is 10.1. The van der Waals surface area contributed by atoms with Crippen molar-refractivity contribution in [1.29, 1.82) is 0 Å². The summed E-state index contributed by atoms with van der Waals surface area (Å²) in [4.78, 5) is 6.77. The second-order valence-electron chi connectivity index (χ2n) is 6.09. The number of rotatable bonds is 6. The highest BCUT2D eigenvalue weighted by Gasteiger charge is 2.26. The number of aliphatic imine (C=N–C) groups is 1. The van der Waals surface area contributed by atoms with Crippen LogP contribution in [0, 0.1) is 5.92 Å². The van der Waals surface area contributed by atoms with Crippen molar-refractivity contribution in [2.24, 2.45) is 10.9 Å². The van der Waals surface area contributed by atoms with E-state index in [-0.39, 0.29) is 30.5 Å². The quantitative estimate of drug-likeness (QED) is 0.314. The molecule has 0 spiro atoms. The highest BCUT2D eigenvalue weighted by molar-refractivity contribution is 14.0. The first-order valence-electron chi connectivity index (χ1n) is 8.47. The molecule has 1 saturated heterocycles. The molecule has 0 amide bonds. The SMILES string of the molecule is CCNC(=NCC1CCN(c2cccc(Br)c2)C1)NCCC(F)(F)F.I. The van der Waals surface area contributed by atoms with Crippen LogP contribution in [0.25, 0.3) is 0 Å². The van der Waals surface area contributed by atoms with E-state index in [1.54, 1.807) is 0 Å². The summed E-state index contributed by atoms with van der Waals surface area (Å²) in [5, 5.41) is 5.75. The highest BCUT2D eigenvalue weighted by atomic mass is 127.